The monoisotopic (exact) mass is 254 g/mol. The minimum Gasteiger partial charge on any atom is -0.365 e. The second-order valence-corrected chi connectivity index (χ2v) is 5.82. The van der Waals surface area contributed by atoms with E-state index in [2.05, 4.69) is 24.0 Å². The molecule has 0 aromatic heterocycles. The molecule has 0 heterocycles. The Kier molecular flexibility index (Phi) is 3.62. The van der Waals surface area contributed by atoms with E-state index in [0.29, 0.717) is 11.8 Å². The predicted molar refractivity (Wildman–Crippen MR) is 77.7 cm³/mol. The average Bonchev–Trinajstić information content (AvgIpc) is 3.02. The Balaban J connectivity index is 1.79. The summed E-state index contributed by atoms with van der Waals surface area (Å²) >= 11 is 0. The molecule has 0 aliphatic heterocycles. The first-order valence-corrected chi connectivity index (χ1v) is 7.50. The Morgan fingerprint density at radius 3 is 2.21 bits per heavy atom. The van der Waals surface area contributed by atoms with Crippen molar-refractivity contribution in [2.45, 2.75) is 44.1 Å². The van der Waals surface area contributed by atoms with E-state index in [4.69, 9.17) is 4.74 Å². The van der Waals surface area contributed by atoms with Crippen LogP contribution in [0.1, 0.15) is 44.1 Å². The fourth-order valence-electron chi connectivity index (χ4n) is 3.65. The topological polar surface area (TPSA) is 9.23 Å². The van der Waals surface area contributed by atoms with E-state index in [1.165, 1.54) is 38.5 Å². The van der Waals surface area contributed by atoms with Gasteiger partial charge in [-0.15, -0.1) is 0 Å². The smallest absolute Gasteiger partial charge is 0.135 e. The molecule has 1 heteroatoms. The number of hydrogen-bond donors (Lipinski definition) is 0. The van der Waals surface area contributed by atoms with E-state index >= 15 is 0 Å². The van der Waals surface area contributed by atoms with Crippen molar-refractivity contribution in [2.24, 2.45) is 11.8 Å². The summed E-state index contributed by atoms with van der Waals surface area (Å²) in [5.74, 6) is 8.13. The average molecular weight is 254 g/mol. The van der Waals surface area contributed by atoms with Gasteiger partial charge in [0.2, 0.25) is 0 Å². The van der Waals surface area contributed by atoms with E-state index in [9.17, 15) is 0 Å². The zero-order chi connectivity index (χ0) is 13.1. The number of fused-ring (bicyclic) bond motifs is 1. The van der Waals surface area contributed by atoms with Gasteiger partial charge in [-0.3, -0.25) is 0 Å². The summed E-state index contributed by atoms with van der Waals surface area (Å²) in [6.45, 7) is 0. The molecule has 2 fully saturated rings. The van der Waals surface area contributed by atoms with Crippen LogP contribution in [0.4, 0.5) is 0 Å². The van der Waals surface area contributed by atoms with Gasteiger partial charge in [-0.2, -0.15) is 0 Å². The third kappa shape index (κ3) is 2.42. The Hall–Kier alpha value is -1.26. The summed E-state index contributed by atoms with van der Waals surface area (Å²) in [5, 5.41) is 0. The molecule has 0 bridgehead atoms. The highest BCUT2D eigenvalue weighted by molar-refractivity contribution is 5.40. The number of methoxy groups -OCH3 is 1. The first-order chi connectivity index (χ1) is 9.37. The maximum Gasteiger partial charge on any atom is 0.135 e. The van der Waals surface area contributed by atoms with Crippen molar-refractivity contribution in [3.05, 3.63) is 35.9 Å². The number of rotatable bonds is 1. The van der Waals surface area contributed by atoms with Crippen LogP contribution in [0, 0.1) is 23.7 Å². The molecule has 0 saturated heterocycles. The summed E-state index contributed by atoms with van der Waals surface area (Å²) in [7, 11) is 1.84. The van der Waals surface area contributed by atoms with Crippen LogP contribution < -0.4 is 0 Å². The molecular formula is C18H22O. The molecule has 1 aromatic carbocycles. The van der Waals surface area contributed by atoms with Crippen molar-refractivity contribution >= 4 is 0 Å². The van der Waals surface area contributed by atoms with Crippen LogP contribution in [0.15, 0.2) is 30.3 Å². The first-order valence-electron chi connectivity index (χ1n) is 7.50. The number of ether oxygens (including phenoxy) is 1. The summed E-state index contributed by atoms with van der Waals surface area (Å²) in [5.41, 5.74) is 0.957. The zero-order valence-corrected chi connectivity index (χ0v) is 11.7. The lowest BCUT2D eigenvalue weighted by Gasteiger charge is -2.08. The second-order valence-electron chi connectivity index (χ2n) is 5.82. The van der Waals surface area contributed by atoms with E-state index in [-0.39, 0.29) is 5.60 Å². The van der Waals surface area contributed by atoms with Crippen molar-refractivity contribution < 1.29 is 4.74 Å². The van der Waals surface area contributed by atoms with Gasteiger partial charge in [0.25, 0.3) is 0 Å². The highest BCUT2D eigenvalue weighted by atomic mass is 16.5. The highest BCUT2D eigenvalue weighted by Gasteiger charge is 2.63. The Morgan fingerprint density at radius 2 is 1.63 bits per heavy atom. The van der Waals surface area contributed by atoms with Gasteiger partial charge in [-0.05, 0) is 25.0 Å². The van der Waals surface area contributed by atoms with Gasteiger partial charge < -0.3 is 4.74 Å². The fraction of sp³-hybridized carbons (Fsp3) is 0.556. The van der Waals surface area contributed by atoms with Gasteiger partial charge in [-0.1, -0.05) is 55.7 Å². The standard InChI is InChI=1S/C18H22O/c1-19-18(14-13-15-9-5-4-6-10-15)16-11-7-2-3-8-12-17(16)18/h4-6,9-10,16-17H,2-3,7-8,11-12H2,1H3/t16-,17-/m0/s1. The van der Waals surface area contributed by atoms with Crippen molar-refractivity contribution in [1.29, 1.82) is 0 Å². The van der Waals surface area contributed by atoms with Crippen LogP contribution >= 0.6 is 0 Å². The largest absolute Gasteiger partial charge is 0.365 e. The molecule has 1 nitrogen and oxygen atoms in total. The number of benzene rings is 1. The van der Waals surface area contributed by atoms with Crippen LogP contribution in [-0.2, 0) is 4.74 Å². The molecule has 3 rings (SSSR count). The molecule has 0 N–H and O–H groups in total. The van der Waals surface area contributed by atoms with Crippen molar-refractivity contribution in [3.8, 4) is 11.8 Å². The van der Waals surface area contributed by atoms with Crippen LogP contribution in [0.25, 0.3) is 0 Å². The molecule has 2 saturated carbocycles. The SMILES string of the molecule is COC1(C#Cc2ccccc2)[C@H]2CCCCCC[C@@H]21. The number of hydrogen-bond acceptors (Lipinski definition) is 1. The summed E-state index contributed by atoms with van der Waals surface area (Å²) < 4.78 is 5.86. The van der Waals surface area contributed by atoms with E-state index in [1.807, 2.05) is 25.3 Å². The summed E-state index contributed by atoms with van der Waals surface area (Å²) in [4.78, 5) is 0. The second kappa shape index (κ2) is 5.39. The maximum atomic E-state index is 5.86. The van der Waals surface area contributed by atoms with Crippen LogP contribution in [-0.4, -0.2) is 12.7 Å². The molecule has 2 atom stereocenters. The molecule has 1 aromatic rings. The first kappa shape index (κ1) is 12.8. The fourth-order valence-corrected chi connectivity index (χ4v) is 3.65. The van der Waals surface area contributed by atoms with Gasteiger partial charge in [0.15, 0.2) is 0 Å². The molecule has 0 radical (unpaired) electrons. The molecular weight excluding hydrogens is 232 g/mol. The molecule has 0 amide bonds. The van der Waals surface area contributed by atoms with E-state index in [0.717, 1.165) is 5.56 Å². The molecule has 2 aliphatic carbocycles. The Bertz CT molecular complexity index is 465. The molecule has 100 valence electrons. The third-order valence-electron chi connectivity index (χ3n) is 4.77. The minimum absolute atomic E-state index is 0.139. The van der Waals surface area contributed by atoms with Gasteiger partial charge >= 0.3 is 0 Å². The van der Waals surface area contributed by atoms with Gasteiger partial charge in [0.1, 0.15) is 5.60 Å². The summed E-state index contributed by atoms with van der Waals surface area (Å²) in [6, 6.07) is 10.3. The van der Waals surface area contributed by atoms with Crippen molar-refractivity contribution in [2.75, 3.05) is 7.11 Å². The minimum atomic E-state index is -0.139. The summed E-state index contributed by atoms with van der Waals surface area (Å²) in [6.07, 6.45) is 8.05. The molecule has 2 aliphatic rings. The Labute approximate surface area is 116 Å². The van der Waals surface area contributed by atoms with Gasteiger partial charge in [0.05, 0.1) is 0 Å². The normalized spacial score (nSPS) is 33.3. The quantitative estimate of drug-likeness (QED) is 0.688. The molecule has 19 heavy (non-hydrogen) atoms. The highest BCUT2D eigenvalue weighted by Crippen LogP contribution is 2.58. The molecule has 0 spiro atoms. The third-order valence-corrected chi connectivity index (χ3v) is 4.77. The lowest BCUT2D eigenvalue weighted by Crippen LogP contribution is -2.14. The van der Waals surface area contributed by atoms with Crippen LogP contribution in [0.2, 0.25) is 0 Å². The predicted octanol–water partition coefficient (Wildman–Crippen LogP) is 4.02. The van der Waals surface area contributed by atoms with Crippen molar-refractivity contribution in [3.63, 3.8) is 0 Å². The van der Waals surface area contributed by atoms with Gasteiger partial charge in [0, 0.05) is 24.5 Å². The van der Waals surface area contributed by atoms with Crippen LogP contribution in [0.5, 0.6) is 0 Å². The van der Waals surface area contributed by atoms with Crippen LogP contribution in [0.3, 0.4) is 0 Å². The zero-order valence-electron chi connectivity index (χ0n) is 11.7. The molecule has 0 unspecified atom stereocenters. The van der Waals surface area contributed by atoms with E-state index in [1.54, 1.807) is 0 Å². The Morgan fingerprint density at radius 1 is 1.00 bits per heavy atom. The lowest BCUT2D eigenvalue weighted by molar-refractivity contribution is 0.102. The lowest BCUT2D eigenvalue weighted by atomic mass is 10.0. The van der Waals surface area contributed by atoms with E-state index < -0.39 is 0 Å². The maximum absolute atomic E-state index is 5.86. The van der Waals surface area contributed by atoms with Crippen molar-refractivity contribution in [1.82, 2.24) is 0 Å². The van der Waals surface area contributed by atoms with Gasteiger partial charge in [-0.25, -0.2) is 0 Å².